The number of carbonyl (C=O) groups is 1. The summed E-state index contributed by atoms with van der Waals surface area (Å²) in [4.78, 5) is 12.4. The Morgan fingerprint density at radius 3 is 2.19 bits per heavy atom. The molecule has 0 aromatic heterocycles. The fourth-order valence-electron chi connectivity index (χ4n) is 3.26. The average molecular weight is 517 g/mol. The predicted molar refractivity (Wildman–Crippen MR) is 129 cm³/mol. The van der Waals surface area contributed by atoms with Gasteiger partial charge in [-0.2, -0.15) is 0 Å². The van der Waals surface area contributed by atoms with E-state index in [-0.39, 0.29) is 23.5 Å². The van der Waals surface area contributed by atoms with Crippen molar-refractivity contribution in [1.82, 2.24) is 4.72 Å². The van der Waals surface area contributed by atoms with Crippen LogP contribution in [-0.2, 0) is 14.8 Å². The molecule has 6 nitrogen and oxygen atoms in total. The molecule has 32 heavy (non-hydrogen) atoms. The third-order valence-corrected chi connectivity index (χ3v) is 6.91. The molecule has 0 bridgehead atoms. The lowest BCUT2D eigenvalue weighted by Crippen LogP contribution is -2.26. The number of benzene rings is 3. The third kappa shape index (κ3) is 6.18. The van der Waals surface area contributed by atoms with Crippen LogP contribution in [0.3, 0.4) is 0 Å². The number of halogens is 1. The van der Waals surface area contributed by atoms with Crippen molar-refractivity contribution in [2.24, 2.45) is 0 Å². The maximum absolute atomic E-state index is 12.7. The lowest BCUT2D eigenvalue weighted by Gasteiger charge is -2.15. The fourth-order valence-corrected chi connectivity index (χ4v) is 5.18. The van der Waals surface area contributed by atoms with Gasteiger partial charge in [-0.05, 0) is 73.9 Å². The van der Waals surface area contributed by atoms with Crippen LogP contribution in [0, 0.1) is 13.8 Å². The molecule has 0 saturated heterocycles. The first kappa shape index (κ1) is 24.0. The zero-order chi connectivity index (χ0) is 23.3. The molecule has 0 fully saturated rings. The number of carbonyl (C=O) groups excluding carboxylic acids is 1. The highest BCUT2D eigenvalue weighted by molar-refractivity contribution is 9.10. The van der Waals surface area contributed by atoms with Crippen LogP contribution in [0.1, 0.15) is 29.7 Å². The Labute approximate surface area is 197 Å². The van der Waals surface area contributed by atoms with Crippen LogP contribution < -0.4 is 14.8 Å². The van der Waals surface area contributed by atoms with Crippen LogP contribution >= 0.6 is 15.9 Å². The lowest BCUT2D eigenvalue weighted by atomic mass is 10.1. The minimum absolute atomic E-state index is 0.123. The Hall–Kier alpha value is -2.68. The van der Waals surface area contributed by atoms with E-state index in [4.69, 9.17) is 4.74 Å². The largest absolute Gasteiger partial charge is 0.484 e. The van der Waals surface area contributed by atoms with Gasteiger partial charge in [-0.15, -0.1) is 0 Å². The molecule has 0 radical (unpaired) electrons. The van der Waals surface area contributed by atoms with Gasteiger partial charge in [-0.25, -0.2) is 13.1 Å². The number of hydrogen-bond acceptors (Lipinski definition) is 4. The predicted octanol–water partition coefficient (Wildman–Crippen LogP) is 5.12. The molecule has 3 aromatic carbocycles. The Morgan fingerprint density at radius 2 is 1.59 bits per heavy atom. The summed E-state index contributed by atoms with van der Waals surface area (Å²) in [5.74, 6) is 0.105. The molecule has 0 heterocycles. The highest BCUT2D eigenvalue weighted by Gasteiger charge is 2.18. The molecule has 0 aliphatic heterocycles. The second-order valence-corrected chi connectivity index (χ2v) is 10.1. The van der Waals surface area contributed by atoms with Gasteiger partial charge < -0.3 is 10.1 Å². The molecular formula is C24H25BrN2O4S. The molecule has 3 aromatic rings. The van der Waals surface area contributed by atoms with Crippen LogP contribution in [0.5, 0.6) is 5.75 Å². The van der Waals surface area contributed by atoms with E-state index >= 15 is 0 Å². The van der Waals surface area contributed by atoms with Gasteiger partial charge in [-0.1, -0.05) is 46.3 Å². The summed E-state index contributed by atoms with van der Waals surface area (Å²) in [7, 11) is -3.70. The van der Waals surface area contributed by atoms with E-state index in [9.17, 15) is 13.2 Å². The summed E-state index contributed by atoms with van der Waals surface area (Å²) in [6.07, 6.45) is 0. The highest BCUT2D eigenvalue weighted by atomic mass is 79.9. The zero-order valence-electron chi connectivity index (χ0n) is 18.1. The molecule has 0 saturated carbocycles. The summed E-state index contributed by atoms with van der Waals surface area (Å²) in [6.45, 7) is 5.43. The van der Waals surface area contributed by atoms with Gasteiger partial charge in [0, 0.05) is 16.2 Å². The van der Waals surface area contributed by atoms with E-state index in [0.29, 0.717) is 5.75 Å². The van der Waals surface area contributed by atoms with Crippen LogP contribution in [0.4, 0.5) is 5.69 Å². The van der Waals surface area contributed by atoms with Crippen LogP contribution in [0.15, 0.2) is 76.1 Å². The Bertz CT molecular complexity index is 1170. The van der Waals surface area contributed by atoms with E-state index < -0.39 is 10.0 Å². The van der Waals surface area contributed by atoms with Gasteiger partial charge >= 0.3 is 0 Å². The first-order valence-electron chi connectivity index (χ1n) is 10.0. The van der Waals surface area contributed by atoms with Crippen molar-refractivity contribution in [3.8, 4) is 5.75 Å². The molecule has 3 rings (SSSR count). The number of rotatable bonds is 8. The monoisotopic (exact) mass is 516 g/mol. The topological polar surface area (TPSA) is 84.5 Å². The minimum atomic E-state index is -3.70. The van der Waals surface area contributed by atoms with E-state index in [1.165, 1.54) is 24.3 Å². The quantitative estimate of drug-likeness (QED) is 0.434. The van der Waals surface area contributed by atoms with Crippen molar-refractivity contribution < 1.29 is 17.9 Å². The molecular weight excluding hydrogens is 492 g/mol. The van der Waals surface area contributed by atoms with Crippen LogP contribution in [-0.4, -0.2) is 20.9 Å². The molecule has 2 N–H and O–H groups in total. The molecule has 1 amide bonds. The SMILES string of the molecule is Cc1cc(Br)cc(C)c1NC(=O)COc1ccc(S(=O)(=O)NC(C)c2ccccc2)cc1. The van der Waals surface area contributed by atoms with Gasteiger partial charge in [-0.3, -0.25) is 4.79 Å². The number of sulfonamides is 1. The highest BCUT2D eigenvalue weighted by Crippen LogP contribution is 2.25. The van der Waals surface area contributed by atoms with E-state index in [1.54, 1.807) is 6.92 Å². The van der Waals surface area contributed by atoms with Crippen LogP contribution in [0.25, 0.3) is 0 Å². The third-order valence-electron chi connectivity index (χ3n) is 4.90. The normalized spacial score (nSPS) is 12.2. The molecule has 1 atom stereocenters. The van der Waals surface area contributed by atoms with E-state index in [0.717, 1.165) is 26.9 Å². The average Bonchev–Trinajstić information content (AvgIpc) is 2.75. The molecule has 8 heteroatoms. The first-order valence-corrected chi connectivity index (χ1v) is 12.3. The Morgan fingerprint density at radius 1 is 1.00 bits per heavy atom. The molecule has 0 aliphatic carbocycles. The van der Waals surface area contributed by atoms with E-state index in [2.05, 4.69) is 26.0 Å². The van der Waals surface area contributed by atoms with Gasteiger partial charge in [0.1, 0.15) is 5.75 Å². The van der Waals surface area contributed by atoms with Crippen molar-refractivity contribution in [3.63, 3.8) is 0 Å². The molecule has 168 valence electrons. The maximum atomic E-state index is 12.7. The summed E-state index contributed by atoms with van der Waals surface area (Å²) in [5.41, 5.74) is 3.51. The van der Waals surface area contributed by atoms with E-state index in [1.807, 2.05) is 56.3 Å². The number of nitrogens with one attached hydrogen (secondary N) is 2. The van der Waals surface area contributed by atoms with Gasteiger partial charge in [0.15, 0.2) is 6.61 Å². The number of amides is 1. The fraction of sp³-hybridized carbons (Fsp3) is 0.208. The van der Waals surface area contributed by atoms with Crippen molar-refractivity contribution in [1.29, 1.82) is 0 Å². The second kappa shape index (κ2) is 10.3. The number of hydrogen-bond donors (Lipinski definition) is 2. The molecule has 0 spiro atoms. The number of aryl methyl sites for hydroxylation is 2. The van der Waals surface area contributed by atoms with Crippen molar-refractivity contribution in [2.75, 3.05) is 11.9 Å². The van der Waals surface area contributed by atoms with Gasteiger partial charge in [0.2, 0.25) is 10.0 Å². The standard InChI is InChI=1S/C24H25BrN2O4S/c1-16-13-20(25)14-17(2)24(16)26-23(28)15-31-21-9-11-22(12-10-21)32(29,30)27-18(3)19-7-5-4-6-8-19/h4-14,18,27H,15H2,1-3H3,(H,26,28). The van der Waals surface area contributed by atoms with Gasteiger partial charge in [0.05, 0.1) is 4.90 Å². The Kier molecular flexibility index (Phi) is 7.71. The lowest BCUT2D eigenvalue weighted by molar-refractivity contribution is -0.118. The summed E-state index contributed by atoms with van der Waals surface area (Å²) < 4.78 is 34.5. The van der Waals surface area contributed by atoms with Crippen molar-refractivity contribution in [3.05, 3.63) is 87.9 Å². The zero-order valence-corrected chi connectivity index (χ0v) is 20.5. The summed E-state index contributed by atoms with van der Waals surface area (Å²) in [6, 6.07) is 18.8. The molecule has 1 unspecified atom stereocenters. The van der Waals surface area contributed by atoms with Crippen molar-refractivity contribution >= 4 is 37.5 Å². The smallest absolute Gasteiger partial charge is 0.262 e. The number of ether oxygens (including phenoxy) is 1. The first-order chi connectivity index (χ1) is 15.2. The van der Waals surface area contributed by atoms with Crippen LogP contribution in [0.2, 0.25) is 0 Å². The Balaban J connectivity index is 1.59. The van der Waals surface area contributed by atoms with Gasteiger partial charge in [0.25, 0.3) is 5.91 Å². The molecule has 0 aliphatic rings. The maximum Gasteiger partial charge on any atom is 0.262 e. The number of anilines is 1. The second-order valence-electron chi connectivity index (χ2n) is 7.48. The minimum Gasteiger partial charge on any atom is -0.484 e. The van der Waals surface area contributed by atoms with Crippen molar-refractivity contribution in [2.45, 2.75) is 31.7 Å². The summed E-state index contributed by atoms with van der Waals surface area (Å²) in [5, 5.41) is 2.86. The summed E-state index contributed by atoms with van der Waals surface area (Å²) >= 11 is 3.43.